The number of ether oxygens (including phenoxy) is 1. The fourth-order valence-corrected chi connectivity index (χ4v) is 1.52. The molecule has 0 N–H and O–H groups in total. The minimum atomic E-state index is -0.739. The van der Waals surface area contributed by atoms with Gasteiger partial charge in [0, 0.05) is 32.7 Å². The second-order valence-corrected chi connectivity index (χ2v) is 4.53. The van der Waals surface area contributed by atoms with E-state index >= 15 is 0 Å². The number of hydrogen-bond donors (Lipinski definition) is 0. The van der Waals surface area contributed by atoms with E-state index in [1.807, 2.05) is 26.0 Å². The Hall–Kier alpha value is -1.14. The Morgan fingerprint density at radius 3 is 2.29 bits per heavy atom. The Kier molecular flexibility index (Phi) is 5.37. The molecule has 0 radical (unpaired) electrons. The lowest BCUT2D eigenvalue weighted by atomic mass is 10.3. The molecule has 17 heavy (non-hydrogen) atoms. The molecule has 1 saturated heterocycles. The van der Waals surface area contributed by atoms with Gasteiger partial charge in [0.1, 0.15) is 6.61 Å². The average Bonchev–Trinajstić information content (AvgIpc) is 2.28. The monoisotopic (exact) mass is 243 g/mol. The highest BCUT2D eigenvalue weighted by Crippen LogP contribution is 2.00. The Morgan fingerprint density at radius 1 is 1.18 bits per heavy atom. The first-order chi connectivity index (χ1) is 8.00. The molecule has 1 rings (SSSR count). The third kappa shape index (κ3) is 4.70. The maximum Gasteiger partial charge on any atom is 0.397 e. The van der Waals surface area contributed by atoms with Crippen LogP contribution in [0.25, 0.3) is 0 Å². The van der Waals surface area contributed by atoms with Crippen LogP contribution in [-0.4, -0.2) is 87.0 Å². The molecule has 0 bridgehead atoms. The van der Waals surface area contributed by atoms with Crippen LogP contribution >= 0.6 is 0 Å². The average molecular weight is 243 g/mol. The van der Waals surface area contributed by atoms with Gasteiger partial charge in [-0.15, -0.1) is 0 Å². The van der Waals surface area contributed by atoms with Gasteiger partial charge < -0.3 is 19.4 Å². The highest BCUT2D eigenvalue weighted by molar-refractivity contribution is 6.32. The summed E-state index contributed by atoms with van der Waals surface area (Å²) in [5.41, 5.74) is 0. The summed E-state index contributed by atoms with van der Waals surface area (Å²) in [7, 11) is 5.77. The number of piperazine rings is 1. The molecule has 0 aromatic carbocycles. The van der Waals surface area contributed by atoms with Crippen molar-refractivity contribution in [2.45, 2.75) is 0 Å². The predicted octanol–water partition coefficient (Wildman–Crippen LogP) is -1.13. The summed E-state index contributed by atoms with van der Waals surface area (Å²) < 4.78 is 4.91. The molecule has 6 nitrogen and oxygen atoms in total. The summed E-state index contributed by atoms with van der Waals surface area (Å²) in [6.07, 6.45) is 0. The quantitative estimate of drug-likeness (QED) is 0.463. The van der Waals surface area contributed by atoms with Crippen LogP contribution in [0.3, 0.4) is 0 Å². The summed E-state index contributed by atoms with van der Waals surface area (Å²) >= 11 is 0. The fourth-order valence-electron chi connectivity index (χ4n) is 1.52. The van der Waals surface area contributed by atoms with Crippen LogP contribution in [0.4, 0.5) is 0 Å². The Bertz CT molecular complexity index is 273. The molecule has 1 fully saturated rings. The van der Waals surface area contributed by atoms with Crippen LogP contribution in [0.1, 0.15) is 0 Å². The highest BCUT2D eigenvalue weighted by Gasteiger charge is 2.25. The van der Waals surface area contributed by atoms with E-state index in [4.69, 9.17) is 4.74 Å². The Morgan fingerprint density at radius 2 is 1.76 bits per heavy atom. The van der Waals surface area contributed by atoms with Gasteiger partial charge in [0.2, 0.25) is 0 Å². The van der Waals surface area contributed by atoms with Crippen LogP contribution in [0.15, 0.2) is 0 Å². The number of rotatable bonds is 3. The molecule has 0 unspecified atom stereocenters. The van der Waals surface area contributed by atoms with E-state index in [0.29, 0.717) is 19.6 Å². The van der Waals surface area contributed by atoms with E-state index in [1.165, 1.54) is 0 Å². The van der Waals surface area contributed by atoms with Crippen molar-refractivity contribution >= 4 is 11.9 Å². The second-order valence-electron chi connectivity index (χ2n) is 4.53. The minimum absolute atomic E-state index is 0.255. The van der Waals surface area contributed by atoms with Crippen LogP contribution < -0.4 is 0 Å². The Labute approximate surface area is 102 Å². The molecule has 6 heteroatoms. The summed E-state index contributed by atoms with van der Waals surface area (Å²) in [4.78, 5) is 28.7. The number of nitrogens with zero attached hydrogens (tertiary/aromatic N) is 3. The third-order valence-corrected chi connectivity index (χ3v) is 2.74. The summed E-state index contributed by atoms with van der Waals surface area (Å²) in [6.45, 7) is 3.68. The molecule has 1 amide bonds. The smallest absolute Gasteiger partial charge is 0.397 e. The van der Waals surface area contributed by atoms with E-state index in [-0.39, 0.29) is 6.61 Å². The molecule has 98 valence electrons. The van der Waals surface area contributed by atoms with Crippen molar-refractivity contribution in [3.8, 4) is 0 Å². The first kappa shape index (κ1) is 13.9. The molecule has 0 aromatic heterocycles. The van der Waals surface area contributed by atoms with Gasteiger partial charge in [-0.05, 0) is 21.1 Å². The maximum absolute atomic E-state index is 11.7. The van der Waals surface area contributed by atoms with E-state index in [1.54, 1.807) is 4.90 Å². The standard InChI is InChI=1S/C11H21N3O3/c1-12(2)8-9-17-11(16)10(15)14-6-4-13(3)5-7-14/h4-9H2,1-3H3. The lowest BCUT2D eigenvalue weighted by Gasteiger charge is -2.31. The third-order valence-electron chi connectivity index (χ3n) is 2.74. The second kappa shape index (κ2) is 6.56. The molecule has 1 heterocycles. The van der Waals surface area contributed by atoms with Crippen LogP contribution in [0, 0.1) is 0 Å². The van der Waals surface area contributed by atoms with E-state index in [2.05, 4.69) is 4.90 Å². The van der Waals surface area contributed by atoms with Crippen LogP contribution in [0.5, 0.6) is 0 Å². The van der Waals surface area contributed by atoms with Crippen LogP contribution in [-0.2, 0) is 14.3 Å². The van der Waals surface area contributed by atoms with Crippen molar-refractivity contribution in [2.75, 3.05) is 60.5 Å². The van der Waals surface area contributed by atoms with Crippen molar-refractivity contribution in [1.82, 2.24) is 14.7 Å². The molecule has 0 spiro atoms. The van der Waals surface area contributed by atoms with E-state index in [9.17, 15) is 9.59 Å². The number of hydrogen-bond acceptors (Lipinski definition) is 5. The van der Waals surface area contributed by atoms with Crippen LogP contribution in [0.2, 0.25) is 0 Å². The number of likely N-dealkylation sites (N-methyl/N-ethyl adjacent to an activating group) is 2. The number of carbonyl (C=O) groups excluding carboxylic acids is 2. The van der Waals surface area contributed by atoms with Crippen molar-refractivity contribution in [3.63, 3.8) is 0 Å². The normalized spacial score (nSPS) is 17.3. The van der Waals surface area contributed by atoms with Gasteiger partial charge in [-0.25, -0.2) is 4.79 Å². The van der Waals surface area contributed by atoms with Gasteiger partial charge in [-0.1, -0.05) is 0 Å². The molecule has 0 atom stereocenters. The molecule has 0 saturated carbocycles. The first-order valence-electron chi connectivity index (χ1n) is 5.80. The van der Waals surface area contributed by atoms with Gasteiger partial charge in [-0.2, -0.15) is 0 Å². The number of amides is 1. The van der Waals surface area contributed by atoms with Gasteiger partial charge in [0.05, 0.1) is 0 Å². The van der Waals surface area contributed by atoms with E-state index < -0.39 is 11.9 Å². The zero-order valence-corrected chi connectivity index (χ0v) is 10.8. The number of esters is 1. The van der Waals surface area contributed by atoms with Gasteiger partial charge in [0.15, 0.2) is 0 Å². The molecule has 1 aliphatic heterocycles. The highest BCUT2D eigenvalue weighted by atomic mass is 16.5. The van der Waals surface area contributed by atoms with E-state index in [0.717, 1.165) is 13.1 Å². The molecule has 0 aromatic rings. The maximum atomic E-state index is 11.7. The van der Waals surface area contributed by atoms with Crippen molar-refractivity contribution in [3.05, 3.63) is 0 Å². The lowest BCUT2D eigenvalue weighted by Crippen LogP contribution is -2.49. The molecule has 1 aliphatic rings. The topological polar surface area (TPSA) is 53.1 Å². The number of carbonyl (C=O) groups is 2. The fraction of sp³-hybridized carbons (Fsp3) is 0.818. The van der Waals surface area contributed by atoms with Gasteiger partial charge in [0.25, 0.3) is 0 Å². The van der Waals surface area contributed by atoms with Gasteiger partial charge >= 0.3 is 11.9 Å². The largest absolute Gasteiger partial charge is 0.457 e. The molecular weight excluding hydrogens is 222 g/mol. The zero-order valence-electron chi connectivity index (χ0n) is 10.8. The van der Waals surface area contributed by atoms with Crippen molar-refractivity contribution in [2.24, 2.45) is 0 Å². The van der Waals surface area contributed by atoms with Crippen molar-refractivity contribution < 1.29 is 14.3 Å². The first-order valence-corrected chi connectivity index (χ1v) is 5.80. The SMILES string of the molecule is CN(C)CCOC(=O)C(=O)N1CCN(C)CC1. The minimum Gasteiger partial charge on any atom is -0.457 e. The predicted molar refractivity (Wildman–Crippen MR) is 63.6 cm³/mol. The van der Waals surface area contributed by atoms with Gasteiger partial charge in [-0.3, -0.25) is 4.79 Å². The summed E-state index contributed by atoms with van der Waals surface area (Å²) in [5, 5.41) is 0. The lowest BCUT2D eigenvalue weighted by molar-refractivity contribution is -0.161. The summed E-state index contributed by atoms with van der Waals surface area (Å²) in [6, 6.07) is 0. The zero-order chi connectivity index (χ0) is 12.8. The molecular formula is C11H21N3O3. The molecule has 0 aliphatic carbocycles. The van der Waals surface area contributed by atoms with Crippen molar-refractivity contribution in [1.29, 1.82) is 0 Å². The Balaban J connectivity index is 2.29. The summed E-state index contributed by atoms with van der Waals surface area (Å²) in [5.74, 6) is -1.26.